The van der Waals surface area contributed by atoms with E-state index < -0.39 is 0 Å². The highest BCUT2D eigenvalue weighted by Crippen LogP contribution is 2.35. The maximum absolute atomic E-state index is 12.8. The van der Waals surface area contributed by atoms with Crippen LogP contribution in [0, 0.1) is 6.92 Å². The number of aliphatic hydroxyl groups is 1. The lowest BCUT2D eigenvalue weighted by Gasteiger charge is -2.16. The molecular formula is C24H25N3O2. The second-order valence-corrected chi connectivity index (χ2v) is 8.12. The van der Waals surface area contributed by atoms with Gasteiger partial charge in [0.15, 0.2) is 0 Å². The zero-order valence-electron chi connectivity index (χ0n) is 16.6. The van der Waals surface area contributed by atoms with Crippen LogP contribution in [0.2, 0.25) is 0 Å². The Bertz CT molecular complexity index is 1080. The van der Waals surface area contributed by atoms with Gasteiger partial charge in [-0.25, -0.2) is 4.98 Å². The molecule has 0 fully saturated rings. The van der Waals surface area contributed by atoms with E-state index in [2.05, 4.69) is 34.3 Å². The van der Waals surface area contributed by atoms with E-state index in [-0.39, 0.29) is 18.6 Å². The molecule has 0 saturated carbocycles. The predicted octanol–water partition coefficient (Wildman–Crippen LogP) is 3.71. The van der Waals surface area contributed by atoms with Gasteiger partial charge in [-0.1, -0.05) is 18.2 Å². The van der Waals surface area contributed by atoms with Crippen molar-refractivity contribution in [2.75, 3.05) is 0 Å². The fourth-order valence-corrected chi connectivity index (χ4v) is 4.53. The lowest BCUT2D eigenvalue weighted by atomic mass is 10.0. The summed E-state index contributed by atoms with van der Waals surface area (Å²) in [7, 11) is 0. The first-order valence-corrected chi connectivity index (χ1v) is 10.3. The Balaban J connectivity index is 1.39. The molecule has 1 aliphatic heterocycles. The van der Waals surface area contributed by atoms with Crippen molar-refractivity contribution in [1.82, 2.24) is 14.9 Å². The number of fused-ring (bicyclic) bond motifs is 2. The summed E-state index contributed by atoms with van der Waals surface area (Å²) in [6.45, 7) is 2.93. The molecule has 2 aliphatic rings. The molecule has 2 heterocycles. The van der Waals surface area contributed by atoms with Crippen LogP contribution in [0.4, 0.5) is 0 Å². The predicted molar refractivity (Wildman–Crippen MR) is 112 cm³/mol. The summed E-state index contributed by atoms with van der Waals surface area (Å²) in [6, 6.07) is 12.0. The van der Waals surface area contributed by atoms with Crippen LogP contribution in [-0.2, 0) is 26.0 Å². The molecule has 148 valence electrons. The smallest absolute Gasteiger partial charge is 0.251 e. The second kappa shape index (κ2) is 7.16. The molecule has 5 rings (SSSR count). The normalized spacial score (nSPS) is 17.2. The van der Waals surface area contributed by atoms with E-state index in [1.807, 2.05) is 19.1 Å². The number of nitrogens with one attached hydrogen (secondary N) is 1. The molecule has 5 heteroatoms. The standard InChI is InChI=1S/C24H25N3O2/c1-15-4-5-18(11-19(15)14-28)24(29)26-21-9-8-16-6-7-17(12-20(16)21)22-13-27-10-2-3-23(27)25-22/h4-7,11-13,21,28H,2-3,8-10,14H2,1H3,(H,26,29). The van der Waals surface area contributed by atoms with Crippen LogP contribution < -0.4 is 5.32 Å². The number of benzene rings is 2. The van der Waals surface area contributed by atoms with Gasteiger partial charge in [-0.3, -0.25) is 4.79 Å². The van der Waals surface area contributed by atoms with Crippen molar-refractivity contribution >= 4 is 5.91 Å². The van der Waals surface area contributed by atoms with E-state index in [9.17, 15) is 9.90 Å². The maximum atomic E-state index is 12.8. The van der Waals surface area contributed by atoms with E-state index in [1.165, 1.54) is 23.4 Å². The van der Waals surface area contributed by atoms with Gasteiger partial charge in [0.05, 0.1) is 18.3 Å². The van der Waals surface area contributed by atoms with Crippen LogP contribution >= 0.6 is 0 Å². The monoisotopic (exact) mass is 387 g/mol. The first-order chi connectivity index (χ1) is 14.1. The van der Waals surface area contributed by atoms with Gasteiger partial charge >= 0.3 is 0 Å². The Morgan fingerprint density at radius 3 is 2.97 bits per heavy atom. The van der Waals surface area contributed by atoms with Gasteiger partial charge in [0, 0.05) is 30.3 Å². The summed E-state index contributed by atoms with van der Waals surface area (Å²) >= 11 is 0. The maximum Gasteiger partial charge on any atom is 0.251 e. The number of hydrogen-bond donors (Lipinski definition) is 2. The summed E-state index contributed by atoms with van der Waals surface area (Å²) < 4.78 is 2.25. The van der Waals surface area contributed by atoms with Gasteiger partial charge in [0.25, 0.3) is 5.91 Å². The van der Waals surface area contributed by atoms with Crippen molar-refractivity contribution < 1.29 is 9.90 Å². The number of aromatic nitrogens is 2. The summed E-state index contributed by atoms with van der Waals surface area (Å²) in [5.74, 6) is 1.08. The van der Waals surface area contributed by atoms with Crippen LogP contribution in [0.1, 0.15) is 57.3 Å². The van der Waals surface area contributed by atoms with Crippen molar-refractivity contribution in [2.45, 2.75) is 51.8 Å². The molecule has 1 unspecified atom stereocenters. The molecule has 1 aliphatic carbocycles. The number of aryl methyl sites for hydroxylation is 4. The average molecular weight is 387 g/mol. The van der Waals surface area contributed by atoms with Crippen LogP contribution in [0.3, 0.4) is 0 Å². The average Bonchev–Trinajstić information content (AvgIpc) is 3.43. The number of aliphatic hydroxyl groups excluding tert-OH is 1. The van der Waals surface area contributed by atoms with Crippen LogP contribution in [0.5, 0.6) is 0 Å². The first kappa shape index (κ1) is 18.1. The first-order valence-electron chi connectivity index (χ1n) is 10.3. The van der Waals surface area contributed by atoms with E-state index >= 15 is 0 Å². The van der Waals surface area contributed by atoms with Crippen LogP contribution in [0.15, 0.2) is 42.6 Å². The third kappa shape index (κ3) is 3.25. The number of imidazole rings is 1. The van der Waals surface area contributed by atoms with Gasteiger partial charge in [-0.15, -0.1) is 0 Å². The van der Waals surface area contributed by atoms with Gasteiger partial charge in [-0.05, 0) is 66.6 Å². The number of amides is 1. The minimum Gasteiger partial charge on any atom is -0.392 e. The van der Waals surface area contributed by atoms with Crippen LogP contribution in [-0.4, -0.2) is 20.6 Å². The summed E-state index contributed by atoms with van der Waals surface area (Å²) in [5.41, 5.74) is 7.00. The number of carbonyl (C=O) groups is 1. The Labute approximate surface area is 170 Å². The lowest BCUT2D eigenvalue weighted by Crippen LogP contribution is -2.27. The summed E-state index contributed by atoms with van der Waals surface area (Å²) in [5, 5.41) is 12.7. The van der Waals surface area contributed by atoms with Gasteiger partial charge < -0.3 is 15.0 Å². The van der Waals surface area contributed by atoms with E-state index in [4.69, 9.17) is 4.98 Å². The van der Waals surface area contributed by atoms with Gasteiger partial charge in [0.1, 0.15) is 5.82 Å². The Kier molecular flexibility index (Phi) is 4.47. The molecule has 3 aromatic rings. The van der Waals surface area contributed by atoms with Crippen LogP contribution in [0.25, 0.3) is 11.3 Å². The van der Waals surface area contributed by atoms with Crippen molar-refractivity contribution in [3.05, 3.63) is 76.2 Å². The molecule has 0 saturated heterocycles. The fraction of sp³-hybridized carbons (Fsp3) is 0.333. The quantitative estimate of drug-likeness (QED) is 0.717. The van der Waals surface area contributed by atoms with E-state index in [1.54, 1.807) is 6.07 Å². The molecule has 0 bridgehead atoms. The highest BCUT2D eigenvalue weighted by molar-refractivity contribution is 5.94. The van der Waals surface area contributed by atoms with E-state index in [0.717, 1.165) is 48.2 Å². The van der Waals surface area contributed by atoms with Crippen molar-refractivity contribution in [3.8, 4) is 11.3 Å². The molecule has 1 atom stereocenters. The number of hydrogen-bond acceptors (Lipinski definition) is 3. The molecule has 1 aromatic heterocycles. The van der Waals surface area contributed by atoms with Gasteiger partial charge in [-0.2, -0.15) is 0 Å². The minimum atomic E-state index is -0.0936. The highest BCUT2D eigenvalue weighted by atomic mass is 16.3. The lowest BCUT2D eigenvalue weighted by molar-refractivity contribution is 0.0936. The highest BCUT2D eigenvalue weighted by Gasteiger charge is 2.25. The van der Waals surface area contributed by atoms with Crippen molar-refractivity contribution in [3.63, 3.8) is 0 Å². The number of rotatable bonds is 4. The van der Waals surface area contributed by atoms with Gasteiger partial charge in [0.2, 0.25) is 0 Å². The topological polar surface area (TPSA) is 67.2 Å². The number of carbonyl (C=O) groups excluding carboxylic acids is 1. The molecule has 29 heavy (non-hydrogen) atoms. The zero-order chi connectivity index (χ0) is 20.0. The molecule has 0 spiro atoms. The Morgan fingerprint density at radius 2 is 2.14 bits per heavy atom. The molecule has 2 aromatic carbocycles. The zero-order valence-corrected chi connectivity index (χ0v) is 16.6. The van der Waals surface area contributed by atoms with Crippen molar-refractivity contribution in [2.24, 2.45) is 0 Å². The molecule has 1 amide bonds. The third-order valence-corrected chi connectivity index (χ3v) is 6.26. The largest absolute Gasteiger partial charge is 0.392 e. The second-order valence-electron chi connectivity index (χ2n) is 8.12. The molecule has 2 N–H and O–H groups in total. The van der Waals surface area contributed by atoms with Crippen molar-refractivity contribution in [1.29, 1.82) is 0 Å². The van der Waals surface area contributed by atoms with E-state index in [0.29, 0.717) is 5.56 Å². The number of nitrogens with zero attached hydrogens (tertiary/aromatic N) is 2. The summed E-state index contributed by atoms with van der Waals surface area (Å²) in [4.78, 5) is 17.6. The third-order valence-electron chi connectivity index (χ3n) is 6.26. The minimum absolute atomic E-state index is 0.00536. The SMILES string of the molecule is Cc1ccc(C(=O)NC2CCc3ccc(-c4cn5c(n4)CCC5)cc32)cc1CO. The molecule has 0 radical (unpaired) electrons. The Morgan fingerprint density at radius 1 is 1.24 bits per heavy atom. The fourth-order valence-electron chi connectivity index (χ4n) is 4.53. The Hall–Kier alpha value is -2.92. The molecule has 5 nitrogen and oxygen atoms in total. The molecular weight excluding hydrogens is 362 g/mol. The summed E-state index contributed by atoms with van der Waals surface area (Å²) in [6.07, 6.45) is 6.25.